The molecular weight excluding hydrogens is 335 g/mol. The summed E-state index contributed by atoms with van der Waals surface area (Å²) in [4.78, 5) is 12.8. The highest BCUT2D eigenvalue weighted by atomic mass is 19.1. The highest BCUT2D eigenvalue weighted by Crippen LogP contribution is 2.28. The predicted molar refractivity (Wildman–Crippen MR) is 97.7 cm³/mol. The number of hydrogen-bond donors (Lipinski definition) is 0. The lowest BCUT2D eigenvalue weighted by Crippen LogP contribution is -2.22. The Kier molecular flexibility index (Phi) is 5.49. The first kappa shape index (κ1) is 17.9. The molecule has 134 valence electrons. The minimum absolute atomic E-state index is 0.153. The minimum atomic E-state index is -0.377. The van der Waals surface area contributed by atoms with Crippen LogP contribution < -0.4 is 9.47 Å². The van der Waals surface area contributed by atoms with Crippen LogP contribution in [-0.2, 0) is 9.53 Å². The zero-order valence-corrected chi connectivity index (χ0v) is 14.6. The SMILES string of the molecule is COc1ccc(OC)c(/C=C2\COC/C(=C\c3ccccc3F)C2=O)c1. The maximum absolute atomic E-state index is 13.9. The van der Waals surface area contributed by atoms with Crippen molar-refractivity contribution in [3.8, 4) is 11.5 Å². The van der Waals surface area contributed by atoms with E-state index in [0.29, 0.717) is 33.8 Å². The molecule has 1 heterocycles. The minimum Gasteiger partial charge on any atom is -0.497 e. The van der Waals surface area contributed by atoms with Crippen LogP contribution in [0.4, 0.5) is 4.39 Å². The normalized spacial score (nSPS) is 17.6. The van der Waals surface area contributed by atoms with Gasteiger partial charge in [-0.3, -0.25) is 4.79 Å². The quantitative estimate of drug-likeness (QED) is 0.781. The van der Waals surface area contributed by atoms with Crippen LogP contribution in [-0.4, -0.2) is 33.2 Å². The average molecular weight is 354 g/mol. The Labute approximate surface area is 151 Å². The largest absolute Gasteiger partial charge is 0.497 e. The second-order valence-electron chi connectivity index (χ2n) is 5.79. The molecule has 0 N–H and O–H groups in total. The topological polar surface area (TPSA) is 44.8 Å². The van der Waals surface area contributed by atoms with E-state index in [1.165, 1.54) is 12.1 Å². The molecule has 1 aliphatic heterocycles. The summed E-state index contributed by atoms with van der Waals surface area (Å²) in [6.45, 7) is 0.341. The molecule has 1 aliphatic rings. The Morgan fingerprint density at radius 2 is 1.65 bits per heavy atom. The number of hydrogen-bond acceptors (Lipinski definition) is 4. The summed E-state index contributed by atoms with van der Waals surface area (Å²) in [7, 11) is 3.13. The highest BCUT2D eigenvalue weighted by Gasteiger charge is 2.22. The number of halogens is 1. The van der Waals surface area contributed by atoms with Gasteiger partial charge in [-0.25, -0.2) is 4.39 Å². The van der Waals surface area contributed by atoms with Gasteiger partial charge in [0, 0.05) is 22.3 Å². The van der Waals surface area contributed by atoms with Crippen LogP contribution in [0.15, 0.2) is 53.6 Å². The number of ketones is 1. The van der Waals surface area contributed by atoms with Gasteiger partial charge in [-0.1, -0.05) is 18.2 Å². The van der Waals surface area contributed by atoms with Crippen molar-refractivity contribution in [2.75, 3.05) is 27.4 Å². The molecule has 0 aliphatic carbocycles. The molecule has 0 spiro atoms. The fraction of sp³-hybridized carbons (Fsp3) is 0.190. The summed E-state index contributed by atoms with van der Waals surface area (Å²) < 4.78 is 30.0. The first-order valence-electron chi connectivity index (χ1n) is 8.12. The molecule has 1 fully saturated rings. The molecular formula is C21H19FO4. The lowest BCUT2D eigenvalue weighted by molar-refractivity contribution is -0.114. The molecule has 0 bridgehead atoms. The van der Waals surface area contributed by atoms with Crippen LogP contribution in [0, 0.1) is 5.82 Å². The molecule has 2 aromatic carbocycles. The number of ether oxygens (including phenoxy) is 3. The Hall–Kier alpha value is -2.92. The lowest BCUT2D eigenvalue weighted by atomic mass is 9.97. The van der Waals surface area contributed by atoms with E-state index in [-0.39, 0.29) is 24.8 Å². The summed E-state index contributed by atoms with van der Waals surface area (Å²) in [6.07, 6.45) is 3.26. The fourth-order valence-electron chi connectivity index (χ4n) is 2.74. The van der Waals surface area contributed by atoms with Gasteiger partial charge in [0.2, 0.25) is 0 Å². The van der Waals surface area contributed by atoms with Gasteiger partial charge in [0.1, 0.15) is 17.3 Å². The highest BCUT2D eigenvalue weighted by molar-refractivity contribution is 6.14. The van der Waals surface area contributed by atoms with E-state index in [9.17, 15) is 9.18 Å². The standard InChI is InChI=1S/C21H19FO4/c1-24-18-7-8-20(25-2)15(11-18)10-17-13-26-12-16(21(17)23)9-14-5-3-4-6-19(14)22/h3-11H,12-13H2,1-2H3/b16-9+,17-10+. The number of Topliss-reactive ketones (excluding diaryl/α,β-unsaturated/α-hetero) is 1. The molecule has 0 radical (unpaired) electrons. The second kappa shape index (κ2) is 7.97. The van der Waals surface area contributed by atoms with Crippen LogP contribution in [0.25, 0.3) is 12.2 Å². The Balaban J connectivity index is 1.95. The second-order valence-corrected chi connectivity index (χ2v) is 5.79. The summed E-state index contributed by atoms with van der Waals surface area (Å²) in [6, 6.07) is 11.7. The Morgan fingerprint density at radius 1 is 0.962 bits per heavy atom. The Bertz CT molecular complexity index is 883. The van der Waals surface area contributed by atoms with Crippen LogP contribution in [0.5, 0.6) is 11.5 Å². The van der Waals surface area contributed by atoms with Gasteiger partial charge < -0.3 is 14.2 Å². The average Bonchev–Trinajstić information content (AvgIpc) is 2.66. The van der Waals surface area contributed by atoms with Crippen molar-refractivity contribution in [3.05, 3.63) is 70.6 Å². The predicted octanol–water partition coefficient (Wildman–Crippen LogP) is 3.91. The molecule has 0 aromatic heterocycles. The van der Waals surface area contributed by atoms with Crippen molar-refractivity contribution in [2.24, 2.45) is 0 Å². The summed E-state index contributed by atoms with van der Waals surface area (Å²) >= 11 is 0. The number of methoxy groups -OCH3 is 2. The van der Waals surface area contributed by atoms with Gasteiger partial charge in [0.05, 0.1) is 27.4 Å². The van der Waals surface area contributed by atoms with E-state index in [1.807, 2.05) is 0 Å². The monoisotopic (exact) mass is 354 g/mol. The van der Waals surface area contributed by atoms with E-state index >= 15 is 0 Å². The maximum atomic E-state index is 13.9. The fourth-order valence-corrected chi connectivity index (χ4v) is 2.74. The molecule has 0 saturated carbocycles. The third kappa shape index (κ3) is 3.83. The zero-order valence-electron chi connectivity index (χ0n) is 14.6. The zero-order chi connectivity index (χ0) is 18.5. The van der Waals surface area contributed by atoms with Gasteiger partial charge >= 0.3 is 0 Å². The number of benzene rings is 2. The smallest absolute Gasteiger partial charge is 0.189 e. The van der Waals surface area contributed by atoms with E-state index < -0.39 is 0 Å². The summed E-state index contributed by atoms with van der Waals surface area (Å²) in [5.41, 5.74) is 1.96. The van der Waals surface area contributed by atoms with Crippen LogP contribution in [0.3, 0.4) is 0 Å². The number of carbonyl (C=O) groups is 1. The van der Waals surface area contributed by atoms with E-state index in [4.69, 9.17) is 14.2 Å². The van der Waals surface area contributed by atoms with E-state index in [1.54, 1.807) is 56.7 Å². The third-order valence-electron chi connectivity index (χ3n) is 4.10. The van der Waals surface area contributed by atoms with Crippen LogP contribution in [0.1, 0.15) is 11.1 Å². The molecule has 0 atom stereocenters. The number of rotatable bonds is 4. The van der Waals surface area contributed by atoms with Gasteiger partial charge in [-0.15, -0.1) is 0 Å². The molecule has 4 nitrogen and oxygen atoms in total. The first-order valence-corrected chi connectivity index (χ1v) is 8.12. The van der Waals surface area contributed by atoms with Crippen LogP contribution in [0.2, 0.25) is 0 Å². The molecule has 0 amide bonds. The van der Waals surface area contributed by atoms with Gasteiger partial charge in [-0.05, 0) is 36.4 Å². The van der Waals surface area contributed by atoms with Gasteiger partial charge in [0.25, 0.3) is 0 Å². The maximum Gasteiger partial charge on any atom is 0.189 e. The van der Waals surface area contributed by atoms with Gasteiger partial charge in [0.15, 0.2) is 5.78 Å². The molecule has 5 heteroatoms. The molecule has 1 saturated heterocycles. The Morgan fingerprint density at radius 3 is 2.31 bits per heavy atom. The molecule has 3 rings (SSSR count). The summed E-state index contributed by atoms with van der Waals surface area (Å²) in [5.74, 6) is 0.739. The van der Waals surface area contributed by atoms with E-state index in [2.05, 4.69) is 0 Å². The molecule has 26 heavy (non-hydrogen) atoms. The van der Waals surface area contributed by atoms with Gasteiger partial charge in [-0.2, -0.15) is 0 Å². The van der Waals surface area contributed by atoms with E-state index in [0.717, 1.165) is 0 Å². The van der Waals surface area contributed by atoms with Crippen molar-refractivity contribution < 1.29 is 23.4 Å². The lowest BCUT2D eigenvalue weighted by Gasteiger charge is -2.18. The third-order valence-corrected chi connectivity index (χ3v) is 4.10. The van der Waals surface area contributed by atoms with Crippen molar-refractivity contribution in [1.82, 2.24) is 0 Å². The molecule has 0 unspecified atom stereocenters. The van der Waals surface area contributed by atoms with Crippen LogP contribution >= 0.6 is 0 Å². The first-order chi connectivity index (χ1) is 12.6. The van der Waals surface area contributed by atoms with Crippen molar-refractivity contribution in [2.45, 2.75) is 0 Å². The van der Waals surface area contributed by atoms with Crippen molar-refractivity contribution in [1.29, 1.82) is 0 Å². The summed E-state index contributed by atoms with van der Waals surface area (Å²) in [5, 5.41) is 0. The number of carbonyl (C=O) groups excluding carboxylic acids is 1. The van der Waals surface area contributed by atoms with Crippen molar-refractivity contribution in [3.63, 3.8) is 0 Å². The van der Waals surface area contributed by atoms with Crippen molar-refractivity contribution >= 4 is 17.9 Å². The molecule has 2 aromatic rings.